The van der Waals surface area contributed by atoms with E-state index in [1.165, 1.54) is 0 Å². The molecule has 0 radical (unpaired) electrons. The zero-order valence-electron chi connectivity index (χ0n) is 18.7. The lowest BCUT2D eigenvalue weighted by Crippen LogP contribution is -2.39. The Kier molecular flexibility index (Phi) is 7.88. The third-order valence-corrected chi connectivity index (χ3v) is 6.27. The highest BCUT2D eigenvalue weighted by atomic mass is 35.5. The Morgan fingerprint density at radius 2 is 1.74 bits per heavy atom. The Morgan fingerprint density at radius 3 is 2.47 bits per heavy atom. The van der Waals surface area contributed by atoms with Gasteiger partial charge in [0.25, 0.3) is 5.91 Å². The van der Waals surface area contributed by atoms with Gasteiger partial charge >= 0.3 is 5.97 Å². The number of carbonyl (C=O) groups is 2. The lowest BCUT2D eigenvalue weighted by atomic mass is 9.99. The number of carbonyl (C=O) groups excluding carboxylic acids is 2. The smallest absolute Gasteiger partial charge is 0.305 e. The zero-order valence-corrected chi connectivity index (χ0v) is 20.3. The quantitative estimate of drug-likeness (QED) is 0.356. The molecule has 0 N–H and O–H groups in total. The van der Waals surface area contributed by atoms with E-state index < -0.39 is 12.2 Å². The first-order chi connectivity index (χ1) is 16.5. The first-order valence-corrected chi connectivity index (χ1v) is 11.9. The maximum Gasteiger partial charge on any atom is 0.305 e. The van der Waals surface area contributed by atoms with Crippen LogP contribution in [-0.4, -0.2) is 24.6 Å². The van der Waals surface area contributed by atoms with Gasteiger partial charge in [-0.15, -0.1) is 0 Å². The van der Waals surface area contributed by atoms with Gasteiger partial charge in [0.05, 0.1) is 18.8 Å². The van der Waals surface area contributed by atoms with Crippen molar-refractivity contribution in [2.45, 2.75) is 38.5 Å². The summed E-state index contributed by atoms with van der Waals surface area (Å²) in [6, 6.07) is 22.5. The average Bonchev–Trinajstić information content (AvgIpc) is 2.94. The standard InChI is InChI=1S/C27H25Cl2NO4/c1-2-33-25(31)15-14-24-27(32)30(17-18-8-4-3-5-9-18)23-13-12-19(28)16-21(23)26(34-24)20-10-6-7-11-22(20)29/h3-13,16,24,26H,2,14-15,17H2,1H3/t24-,26+/m1/s1. The number of nitrogens with zero attached hydrogens (tertiary/aromatic N) is 1. The molecule has 7 heteroatoms. The minimum Gasteiger partial charge on any atom is -0.466 e. The third kappa shape index (κ3) is 5.44. The van der Waals surface area contributed by atoms with Gasteiger partial charge in [0.15, 0.2) is 0 Å². The molecule has 1 amide bonds. The van der Waals surface area contributed by atoms with Crippen molar-refractivity contribution < 1.29 is 19.1 Å². The number of rotatable bonds is 7. The predicted octanol–water partition coefficient (Wildman–Crippen LogP) is 6.36. The molecule has 0 bridgehead atoms. The lowest BCUT2D eigenvalue weighted by Gasteiger charge is -2.25. The number of halogens is 2. The van der Waals surface area contributed by atoms with E-state index in [0.29, 0.717) is 22.3 Å². The second-order valence-corrected chi connectivity index (χ2v) is 8.83. The largest absolute Gasteiger partial charge is 0.466 e. The number of anilines is 1. The van der Waals surface area contributed by atoms with E-state index in [1.807, 2.05) is 60.7 Å². The van der Waals surface area contributed by atoms with Crippen LogP contribution in [0.5, 0.6) is 0 Å². The molecule has 1 aliphatic heterocycles. The van der Waals surface area contributed by atoms with Crippen LogP contribution in [0.3, 0.4) is 0 Å². The topological polar surface area (TPSA) is 55.8 Å². The highest BCUT2D eigenvalue weighted by Gasteiger charge is 2.37. The van der Waals surface area contributed by atoms with Gasteiger partial charge in [-0.2, -0.15) is 0 Å². The molecular formula is C27H25Cl2NO4. The van der Waals surface area contributed by atoms with Gasteiger partial charge in [0.1, 0.15) is 12.2 Å². The monoisotopic (exact) mass is 497 g/mol. The molecule has 0 aromatic heterocycles. The molecule has 0 saturated heterocycles. The van der Waals surface area contributed by atoms with Crippen LogP contribution in [0.15, 0.2) is 72.8 Å². The Labute approximate surface area is 209 Å². The van der Waals surface area contributed by atoms with Crippen LogP contribution < -0.4 is 4.90 Å². The van der Waals surface area contributed by atoms with Gasteiger partial charge in [-0.1, -0.05) is 71.7 Å². The van der Waals surface area contributed by atoms with Crippen LogP contribution in [0, 0.1) is 0 Å². The fourth-order valence-corrected chi connectivity index (χ4v) is 4.52. The van der Waals surface area contributed by atoms with E-state index >= 15 is 0 Å². The van der Waals surface area contributed by atoms with Crippen LogP contribution in [0.2, 0.25) is 10.0 Å². The molecule has 176 valence electrons. The van der Waals surface area contributed by atoms with E-state index in [0.717, 1.165) is 16.7 Å². The highest BCUT2D eigenvalue weighted by Crippen LogP contribution is 2.42. The minimum absolute atomic E-state index is 0.0652. The summed E-state index contributed by atoms with van der Waals surface area (Å²) in [7, 11) is 0. The van der Waals surface area contributed by atoms with Gasteiger partial charge in [0, 0.05) is 27.6 Å². The molecule has 1 aliphatic rings. The number of benzene rings is 3. The molecule has 0 saturated carbocycles. The van der Waals surface area contributed by atoms with E-state index in [9.17, 15) is 9.59 Å². The van der Waals surface area contributed by atoms with Crippen molar-refractivity contribution in [3.63, 3.8) is 0 Å². The van der Waals surface area contributed by atoms with Gasteiger partial charge in [-0.3, -0.25) is 9.59 Å². The molecule has 1 heterocycles. The molecule has 0 aliphatic carbocycles. The fourth-order valence-electron chi connectivity index (χ4n) is 4.10. The van der Waals surface area contributed by atoms with Gasteiger partial charge in [-0.05, 0) is 43.2 Å². The van der Waals surface area contributed by atoms with Crippen molar-refractivity contribution >= 4 is 40.8 Å². The number of amides is 1. The molecule has 34 heavy (non-hydrogen) atoms. The number of hydrogen-bond acceptors (Lipinski definition) is 4. The van der Waals surface area contributed by atoms with Crippen molar-refractivity contribution in [3.05, 3.63) is 99.5 Å². The molecule has 0 unspecified atom stereocenters. The summed E-state index contributed by atoms with van der Waals surface area (Å²) in [5, 5.41) is 1.04. The summed E-state index contributed by atoms with van der Waals surface area (Å²) in [6.45, 7) is 2.38. The number of ether oxygens (including phenoxy) is 2. The second-order valence-electron chi connectivity index (χ2n) is 7.98. The van der Waals surface area contributed by atoms with Crippen molar-refractivity contribution in [3.8, 4) is 0 Å². The van der Waals surface area contributed by atoms with Crippen LogP contribution in [0.1, 0.15) is 42.6 Å². The van der Waals surface area contributed by atoms with E-state index in [-0.39, 0.29) is 31.3 Å². The summed E-state index contributed by atoms with van der Waals surface area (Å²) in [5.41, 5.74) is 3.13. The van der Waals surface area contributed by atoms with Crippen molar-refractivity contribution in [2.75, 3.05) is 11.5 Å². The number of fused-ring (bicyclic) bond motifs is 1. The number of hydrogen-bond donors (Lipinski definition) is 0. The van der Waals surface area contributed by atoms with Crippen molar-refractivity contribution in [1.29, 1.82) is 0 Å². The summed E-state index contributed by atoms with van der Waals surface area (Å²) >= 11 is 12.9. The molecule has 0 spiro atoms. The van der Waals surface area contributed by atoms with E-state index in [1.54, 1.807) is 24.0 Å². The van der Waals surface area contributed by atoms with Crippen molar-refractivity contribution in [1.82, 2.24) is 0 Å². The number of esters is 1. The fraction of sp³-hybridized carbons (Fsp3) is 0.259. The SMILES string of the molecule is CCOC(=O)CC[C@H]1O[C@@H](c2ccccc2Cl)c2cc(Cl)ccc2N(Cc2ccccc2)C1=O. The predicted molar refractivity (Wildman–Crippen MR) is 133 cm³/mol. The van der Waals surface area contributed by atoms with Crippen molar-refractivity contribution in [2.24, 2.45) is 0 Å². The summed E-state index contributed by atoms with van der Waals surface area (Å²) in [5.74, 6) is -0.598. The Hall–Kier alpha value is -2.86. The van der Waals surface area contributed by atoms with Crippen LogP contribution in [0.4, 0.5) is 5.69 Å². The highest BCUT2D eigenvalue weighted by molar-refractivity contribution is 6.31. The molecule has 3 aromatic rings. The van der Waals surface area contributed by atoms with E-state index in [2.05, 4.69) is 0 Å². The van der Waals surface area contributed by atoms with E-state index in [4.69, 9.17) is 32.7 Å². The van der Waals surface area contributed by atoms with Gasteiger partial charge < -0.3 is 14.4 Å². The Balaban J connectivity index is 1.80. The first kappa shape index (κ1) is 24.3. The maximum absolute atomic E-state index is 13.8. The molecule has 5 nitrogen and oxygen atoms in total. The summed E-state index contributed by atoms with van der Waals surface area (Å²) in [4.78, 5) is 27.6. The molecule has 3 aromatic carbocycles. The molecular weight excluding hydrogens is 473 g/mol. The third-order valence-electron chi connectivity index (χ3n) is 5.69. The first-order valence-electron chi connectivity index (χ1n) is 11.2. The Bertz CT molecular complexity index is 1170. The summed E-state index contributed by atoms with van der Waals surface area (Å²) < 4.78 is 11.5. The maximum atomic E-state index is 13.8. The summed E-state index contributed by atoms with van der Waals surface area (Å²) in [6.07, 6.45) is -1.26. The normalized spacial score (nSPS) is 17.7. The lowest BCUT2D eigenvalue weighted by molar-refractivity contribution is -0.145. The molecule has 0 fully saturated rings. The molecule has 2 atom stereocenters. The average molecular weight is 498 g/mol. The molecule has 4 rings (SSSR count). The Morgan fingerprint density at radius 1 is 1.00 bits per heavy atom. The zero-order chi connectivity index (χ0) is 24.1. The van der Waals surface area contributed by atoms with Crippen LogP contribution >= 0.6 is 23.2 Å². The van der Waals surface area contributed by atoms with Crippen LogP contribution in [-0.2, 0) is 25.6 Å². The van der Waals surface area contributed by atoms with Crippen LogP contribution in [0.25, 0.3) is 0 Å². The van der Waals surface area contributed by atoms with Gasteiger partial charge in [0.2, 0.25) is 0 Å². The van der Waals surface area contributed by atoms with Gasteiger partial charge in [-0.25, -0.2) is 0 Å². The minimum atomic E-state index is -0.874. The second kappa shape index (κ2) is 11.0.